The van der Waals surface area contributed by atoms with E-state index in [1.165, 1.54) is 17.8 Å². The molecule has 3 rings (SSSR count). The van der Waals surface area contributed by atoms with Crippen molar-refractivity contribution in [2.24, 2.45) is 7.05 Å². The number of rotatable bonds is 5. The number of sulfonamides is 1. The van der Waals surface area contributed by atoms with E-state index in [1.807, 2.05) is 30.3 Å². The van der Waals surface area contributed by atoms with Crippen molar-refractivity contribution < 1.29 is 13.2 Å². The van der Waals surface area contributed by atoms with Gasteiger partial charge in [-0.25, -0.2) is 8.42 Å². The fourth-order valence-corrected chi connectivity index (χ4v) is 3.70. The van der Waals surface area contributed by atoms with E-state index in [-0.39, 0.29) is 10.7 Å². The highest BCUT2D eigenvalue weighted by Crippen LogP contribution is 2.27. The molecule has 0 atom stereocenters. The van der Waals surface area contributed by atoms with Crippen molar-refractivity contribution in [2.75, 3.05) is 4.72 Å². The maximum absolute atomic E-state index is 12.8. The number of nitrogens with zero attached hydrogens (tertiary/aromatic N) is 2. The summed E-state index contributed by atoms with van der Waals surface area (Å²) in [6.07, 6.45) is 1.47. The van der Waals surface area contributed by atoms with Crippen molar-refractivity contribution in [2.45, 2.75) is 11.8 Å². The lowest BCUT2D eigenvalue weighted by Crippen LogP contribution is -2.13. The van der Waals surface area contributed by atoms with Gasteiger partial charge in [0.2, 0.25) is 0 Å². The number of ketones is 1. The molecule has 1 aromatic heterocycles. The number of aromatic nitrogens is 2. The third-order valence-electron chi connectivity index (χ3n) is 3.68. The van der Waals surface area contributed by atoms with Crippen molar-refractivity contribution in [1.82, 2.24) is 9.78 Å². The summed E-state index contributed by atoms with van der Waals surface area (Å²) < 4.78 is 29.6. The van der Waals surface area contributed by atoms with Gasteiger partial charge in [-0.05, 0) is 31.2 Å². The molecule has 2 aromatic carbocycles. The predicted octanol–water partition coefficient (Wildman–Crippen LogP) is 3.09. The van der Waals surface area contributed by atoms with E-state index >= 15 is 0 Å². The fourth-order valence-electron chi connectivity index (χ4n) is 2.44. The molecule has 3 aromatic rings. The van der Waals surface area contributed by atoms with Crippen LogP contribution in [-0.4, -0.2) is 24.0 Å². The summed E-state index contributed by atoms with van der Waals surface area (Å²) >= 11 is 0. The molecule has 0 radical (unpaired) electrons. The highest BCUT2D eigenvalue weighted by atomic mass is 32.2. The molecule has 0 aliphatic rings. The van der Waals surface area contributed by atoms with Gasteiger partial charge in [-0.15, -0.1) is 0 Å². The molecule has 25 heavy (non-hydrogen) atoms. The monoisotopic (exact) mass is 355 g/mol. The summed E-state index contributed by atoms with van der Waals surface area (Å²) in [5, 5.41) is 4.28. The summed E-state index contributed by atoms with van der Waals surface area (Å²) in [7, 11) is -2.15. The van der Waals surface area contributed by atoms with Crippen molar-refractivity contribution in [3.05, 3.63) is 66.4 Å². The van der Waals surface area contributed by atoms with Gasteiger partial charge in [0.05, 0.1) is 0 Å². The Balaban J connectivity index is 1.97. The zero-order chi connectivity index (χ0) is 18.0. The van der Waals surface area contributed by atoms with Crippen LogP contribution in [0.25, 0.3) is 11.3 Å². The number of benzene rings is 2. The van der Waals surface area contributed by atoms with E-state index in [9.17, 15) is 13.2 Å². The molecule has 0 amide bonds. The van der Waals surface area contributed by atoms with E-state index in [0.717, 1.165) is 5.56 Å². The molecule has 0 bridgehead atoms. The van der Waals surface area contributed by atoms with Gasteiger partial charge in [0, 0.05) is 30.1 Å². The van der Waals surface area contributed by atoms with Crippen LogP contribution in [0.4, 0.5) is 5.69 Å². The van der Waals surface area contributed by atoms with Gasteiger partial charge in [-0.2, -0.15) is 5.10 Å². The lowest BCUT2D eigenvalue weighted by atomic mass is 10.1. The molecule has 1 heterocycles. The smallest absolute Gasteiger partial charge is 0.265 e. The molecule has 0 spiro atoms. The van der Waals surface area contributed by atoms with Crippen molar-refractivity contribution in [3.63, 3.8) is 0 Å². The van der Waals surface area contributed by atoms with E-state index in [2.05, 4.69) is 9.82 Å². The Bertz CT molecular complexity index is 1010. The van der Waals surface area contributed by atoms with Crippen LogP contribution in [0.2, 0.25) is 0 Å². The van der Waals surface area contributed by atoms with Gasteiger partial charge in [0.25, 0.3) is 10.0 Å². The molecular formula is C18H17N3O3S. The molecule has 0 unspecified atom stereocenters. The third kappa shape index (κ3) is 3.61. The summed E-state index contributed by atoms with van der Waals surface area (Å²) in [6.45, 7) is 1.46. The topological polar surface area (TPSA) is 81.1 Å². The number of Topliss-reactive ketones (excluding diaryl/α,β-unsaturated/α-hetero) is 1. The molecule has 0 saturated carbocycles. The molecule has 1 N–H and O–H groups in total. The van der Waals surface area contributed by atoms with Crippen LogP contribution in [0.15, 0.2) is 65.7 Å². The molecular weight excluding hydrogens is 338 g/mol. The highest BCUT2D eigenvalue weighted by molar-refractivity contribution is 7.92. The molecule has 6 nitrogen and oxygen atoms in total. The van der Waals surface area contributed by atoms with Crippen LogP contribution in [0.3, 0.4) is 0 Å². The Morgan fingerprint density at radius 2 is 1.68 bits per heavy atom. The Hall–Kier alpha value is -2.93. The maximum Gasteiger partial charge on any atom is 0.265 e. The predicted molar refractivity (Wildman–Crippen MR) is 95.9 cm³/mol. The van der Waals surface area contributed by atoms with Crippen LogP contribution in [0.5, 0.6) is 0 Å². The van der Waals surface area contributed by atoms with Crippen molar-refractivity contribution >= 4 is 21.5 Å². The summed E-state index contributed by atoms with van der Waals surface area (Å²) in [6, 6.07) is 15.4. The zero-order valence-corrected chi connectivity index (χ0v) is 14.6. The van der Waals surface area contributed by atoms with Crippen LogP contribution >= 0.6 is 0 Å². The average Bonchev–Trinajstić information content (AvgIpc) is 2.99. The third-order valence-corrected chi connectivity index (χ3v) is 5.06. The van der Waals surface area contributed by atoms with E-state index in [0.29, 0.717) is 16.9 Å². The number of carbonyl (C=O) groups is 1. The number of aryl methyl sites for hydroxylation is 1. The summed E-state index contributed by atoms with van der Waals surface area (Å²) in [4.78, 5) is 11.4. The highest BCUT2D eigenvalue weighted by Gasteiger charge is 2.23. The number of hydrogen-bond acceptors (Lipinski definition) is 4. The minimum atomic E-state index is -3.82. The van der Waals surface area contributed by atoms with E-state index in [1.54, 1.807) is 31.3 Å². The minimum absolute atomic E-state index is 0.0759. The van der Waals surface area contributed by atoms with Crippen LogP contribution in [0.1, 0.15) is 17.3 Å². The Morgan fingerprint density at radius 3 is 2.28 bits per heavy atom. The maximum atomic E-state index is 12.8. The lowest BCUT2D eigenvalue weighted by molar-refractivity contribution is 0.101. The Morgan fingerprint density at radius 1 is 1.04 bits per heavy atom. The molecule has 0 fully saturated rings. The van der Waals surface area contributed by atoms with Gasteiger partial charge in [-0.3, -0.25) is 14.2 Å². The molecule has 7 heteroatoms. The SMILES string of the molecule is CC(=O)c1ccc(NS(=O)(=O)c2cn(C)nc2-c2ccccc2)cc1. The first-order valence-electron chi connectivity index (χ1n) is 7.60. The van der Waals surface area contributed by atoms with Crippen LogP contribution in [-0.2, 0) is 17.1 Å². The normalized spacial score (nSPS) is 11.3. The van der Waals surface area contributed by atoms with E-state index in [4.69, 9.17) is 0 Å². The van der Waals surface area contributed by atoms with Crippen molar-refractivity contribution in [3.8, 4) is 11.3 Å². The zero-order valence-electron chi connectivity index (χ0n) is 13.8. The second-order valence-corrected chi connectivity index (χ2v) is 7.27. The number of carbonyl (C=O) groups excluding carboxylic acids is 1. The number of nitrogens with one attached hydrogen (secondary N) is 1. The largest absolute Gasteiger partial charge is 0.295 e. The first-order chi connectivity index (χ1) is 11.9. The first-order valence-corrected chi connectivity index (χ1v) is 9.08. The van der Waals surface area contributed by atoms with Gasteiger partial charge in [0.1, 0.15) is 10.6 Å². The quantitative estimate of drug-likeness (QED) is 0.713. The minimum Gasteiger partial charge on any atom is -0.295 e. The Labute approximate surface area is 146 Å². The molecule has 0 saturated heterocycles. The van der Waals surface area contributed by atoms with Crippen LogP contribution < -0.4 is 4.72 Å². The second-order valence-electron chi connectivity index (χ2n) is 5.62. The van der Waals surface area contributed by atoms with Gasteiger partial charge in [-0.1, -0.05) is 30.3 Å². The summed E-state index contributed by atoms with van der Waals surface area (Å²) in [5.74, 6) is -0.0759. The second kappa shape index (κ2) is 6.52. The standard InChI is InChI=1S/C18H17N3O3S/c1-13(22)14-8-10-16(11-9-14)20-25(23,24)17-12-21(2)19-18(17)15-6-4-3-5-7-15/h3-12,20H,1-2H3. The molecule has 0 aliphatic heterocycles. The fraction of sp³-hybridized carbons (Fsp3) is 0.111. The van der Waals surface area contributed by atoms with Crippen molar-refractivity contribution in [1.29, 1.82) is 0 Å². The van der Waals surface area contributed by atoms with Gasteiger partial charge in [0.15, 0.2) is 5.78 Å². The Kier molecular flexibility index (Phi) is 4.41. The van der Waals surface area contributed by atoms with Crippen LogP contribution in [0, 0.1) is 0 Å². The number of hydrogen-bond donors (Lipinski definition) is 1. The number of anilines is 1. The average molecular weight is 355 g/mol. The van der Waals surface area contributed by atoms with E-state index < -0.39 is 10.0 Å². The molecule has 0 aliphatic carbocycles. The summed E-state index contributed by atoms with van der Waals surface area (Å²) in [5.41, 5.74) is 2.01. The van der Waals surface area contributed by atoms with Gasteiger partial charge < -0.3 is 0 Å². The molecule has 128 valence electrons. The lowest BCUT2D eigenvalue weighted by Gasteiger charge is -2.08. The van der Waals surface area contributed by atoms with Gasteiger partial charge >= 0.3 is 0 Å². The first kappa shape index (κ1) is 16.9.